The average Bonchev–Trinajstić information content (AvgIpc) is 3.22. The van der Waals surface area contributed by atoms with E-state index in [1.54, 1.807) is 18.5 Å². The standard InChI is InChI=1S/C22H20N2O4S/c1-4-5-27-19-12(2)6-14(7-13(19)3)17-11-23-10-15-8-16(28-20(15)17)9-18-21(25)24-22(26)29-18/h6-11H,4-5H2,1-3H3,(H,24,25,26)/b18-9+. The van der Waals surface area contributed by atoms with Crippen LogP contribution in [0.4, 0.5) is 4.79 Å². The molecule has 1 aromatic carbocycles. The lowest BCUT2D eigenvalue weighted by molar-refractivity contribution is -0.115. The Balaban J connectivity index is 1.76. The van der Waals surface area contributed by atoms with Gasteiger partial charge in [-0.2, -0.15) is 0 Å². The van der Waals surface area contributed by atoms with Crippen LogP contribution in [0.3, 0.4) is 0 Å². The van der Waals surface area contributed by atoms with Crippen LogP contribution in [0.25, 0.3) is 28.2 Å². The molecule has 0 saturated carbocycles. The van der Waals surface area contributed by atoms with Gasteiger partial charge in [-0.25, -0.2) is 0 Å². The SMILES string of the molecule is CCCOc1c(C)cc(-c2cncc3cc(/C=C4/SC(=O)NC4=O)oc23)cc1C. The summed E-state index contributed by atoms with van der Waals surface area (Å²) in [5, 5.41) is 2.69. The van der Waals surface area contributed by atoms with Crippen molar-refractivity contribution in [3.63, 3.8) is 0 Å². The second-order valence-corrected chi connectivity index (χ2v) is 7.91. The third-order valence-corrected chi connectivity index (χ3v) is 5.39. The Labute approximate surface area is 172 Å². The van der Waals surface area contributed by atoms with Crippen molar-refractivity contribution in [3.05, 3.63) is 52.4 Å². The zero-order valence-corrected chi connectivity index (χ0v) is 17.2. The van der Waals surface area contributed by atoms with Crippen LogP contribution in [0, 0.1) is 13.8 Å². The lowest BCUT2D eigenvalue weighted by atomic mass is 10.00. The number of aromatic nitrogens is 1. The number of nitrogens with zero attached hydrogens (tertiary/aromatic N) is 1. The fourth-order valence-corrected chi connectivity index (χ4v) is 4.01. The highest BCUT2D eigenvalue weighted by Gasteiger charge is 2.25. The van der Waals surface area contributed by atoms with Gasteiger partial charge in [-0.15, -0.1) is 0 Å². The number of pyridine rings is 1. The van der Waals surface area contributed by atoms with Gasteiger partial charge in [0.1, 0.15) is 17.1 Å². The fourth-order valence-electron chi connectivity index (χ4n) is 3.35. The van der Waals surface area contributed by atoms with E-state index in [9.17, 15) is 9.59 Å². The molecular weight excluding hydrogens is 388 g/mol. The summed E-state index contributed by atoms with van der Waals surface area (Å²) in [7, 11) is 0. The summed E-state index contributed by atoms with van der Waals surface area (Å²) >= 11 is 0.863. The van der Waals surface area contributed by atoms with E-state index in [4.69, 9.17) is 9.15 Å². The number of aryl methyl sites for hydroxylation is 2. The van der Waals surface area contributed by atoms with Crippen molar-refractivity contribution < 1.29 is 18.7 Å². The minimum absolute atomic E-state index is 0.313. The number of ether oxygens (including phenoxy) is 1. The molecule has 3 aromatic rings. The van der Waals surface area contributed by atoms with Crippen LogP contribution < -0.4 is 10.1 Å². The zero-order chi connectivity index (χ0) is 20.5. The molecule has 6 nitrogen and oxygen atoms in total. The maximum atomic E-state index is 11.8. The van der Waals surface area contributed by atoms with Gasteiger partial charge in [-0.1, -0.05) is 6.92 Å². The first kappa shape index (κ1) is 19.3. The normalized spacial score (nSPS) is 15.3. The number of carbonyl (C=O) groups is 2. The first-order valence-electron chi connectivity index (χ1n) is 9.33. The Morgan fingerprint density at radius 3 is 2.59 bits per heavy atom. The van der Waals surface area contributed by atoms with Crippen molar-refractivity contribution in [3.8, 4) is 16.9 Å². The minimum atomic E-state index is -0.410. The molecule has 0 unspecified atom stereocenters. The molecule has 29 heavy (non-hydrogen) atoms. The summed E-state index contributed by atoms with van der Waals surface area (Å²) in [4.78, 5) is 27.8. The van der Waals surface area contributed by atoms with Crippen molar-refractivity contribution >= 4 is 40.0 Å². The highest BCUT2D eigenvalue weighted by Crippen LogP contribution is 2.35. The number of thioether (sulfide) groups is 1. The summed E-state index contributed by atoms with van der Waals surface area (Å²) in [6.07, 6.45) is 6.02. The van der Waals surface area contributed by atoms with Crippen LogP contribution in [0.5, 0.6) is 5.75 Å². The molecule has 1 aliphatic heterocycles. The number of benzene rings is 1. The molecule has 1 N–H and O–H groups in total. The summed E-state index contributed by atoms with van der Waals surface area (Å²) < 4.78 is 11.9. The topological polar surface area (TPSA) is 81.4 Å². The fraction of sp³-hybridized carbons (Fsp3) is 0.227. The molecule has 0 radical (unpaired) electrons. The molecule has 2 aromatic heterocycles. The number of fused-ring (bicyclic) bond motifs is 1. The number of rotatable bonds is 5. The number of amides is 2. The maximum absolute atomic E-state index is 11.8. The summed E-state index contributed by atoms with van der Waals surface area (Å²) in [6.45, 7) is 6.82. The molecule has 1 aliphatic rings. The van der Waals surface area contributed by atoms with Gasteiger partial charge >= 0.3 is 0 Å². The van der Waals surface area contributed by atoms with Crippen molar-refractivity contribution in [2.24, 2.45) is 0 Å². The van der Waals surface area contributed by atoms with Crippen molar-refractivity contribution in [1.82, 2.24) is 10.3 Å². The van der Waals surface area contributed by atoms with Crippen molar-refractivity contribution in [2.45, 2.75) is 27.2 Å². The Morgan fingerprint density at radius 2 is 1.93 bits per heavy atom. The third kappa shape index (κ3) is 3.78. The van der Waals surface area contributed by atoms with Gasteiger partial charge in [0.2, 0.25) is 0 Å². The van der Waals surface area contributed by atoms with Crippen molar-refractivity contribution in [1.29, 1.82) is 0 Å². The summed E-state index contributed by atoms with van der Waals surface area (Å²) in [5.74, 6) is 1.00. The van der Waals surface area contributed by atoms with E-state index in [0.717, 1.165) is 51.6 Å². The number of hydrogen-bond acceptors (Lipinski definition) is 6. The quantitative estimate of drug-likeness (QED) is 0.583. The number of furan rings is 1. The molecule has 0 atom stereocenters. The van der Waals surface area contributed by atoms with E-state index < -0.39 is 5.91 Å². The number of nitrogens with one attached hydrogen (secondary N) is 1. The first-order chi connectivity index (χ1) is 14.0. The second kappa shape index (κ2) is 7.75. The highest BCUT2D eigenvalue weighted by molar-refractivity contribution is 8.18. The van der Waals surface area contributed by atoms with E-state index in [0.29, 0.717) is 22.9 Å². The number of carbonyl (C=O) groups excluding carboxylic acids is 2. The van der Waals surface area contributed by atoms with Gasteiger partial charge < -0.3 is 9.15 Å². The van der Waals surface area contributed by atoms with E-state index in [-0.39, 0.29) is 5.24 Å². The van der Waals surface area contributed by atoms with Crippen LogP contribution >= 0.6 is 11.8 Å². The van der Waals surface area contributed by atoms with Gasteiger partial charge in [-0.3, -0.25) is 19.9 Å². The zero-order valence-electron chi connectivity index (χ0n) is 16.4. The van der Waals surface area contributed by atoms with E-state index in [1.165, 1.54) is 0 Å². The number of imide groups is 1. The van der Waals surface area contributed by atoms with E-state index in [1.807, 2.05) is 19.9 Å². The van der Waals surface area contributed by atoms with Gasteiger partial charge in [-0.05, 0) is 66.9 Å². The smallest absolute Gasteiger partial charge is 0.290 e. The lowest BCUT2D eigenvalue weighted by Crippen LogP contribution is -2.17. The molecule has 148 valence electrons. The Hall–Kier alpha value is -3.06. The molecule has 2 amide bonds. The third-order valence-electron chi connectivity index (χ3n) is 4.58. The average molecular weight is 408 g/mol. The van der Waals surface area contributed by atoms with Crippen LogP contribution in [-0.2, 0) is 4.79 Å². The predicted molar refractivity (Wildman–Crippen MR) is 114 cm³/mol. The Bertz CT molecular complexity index is 1140. The molecule has 1 fully saturated rings. The Morgan fingerprint density at radius 1 is 1.17 bits per heavy atom. The summed E-state index contributed by atoms with van der Waals surface area (Å²) in [6, 6.07) is 5.94. The Kier molecular flexibility index (Phi) is 5.15. The lowest BCUT2D eigenvalue weighted by Gasteiger charge is -2.13. The molecule has 0 aliphatic carbocycles. The van der Waals surface area contributed by atoms with Crippen LogP contribution in [0.1, 0.15) is 30.2 Å². The molecular formula is C22H20N2O4S. The molecule has 1 saturated heterocycles. The summed E-state index contributed by atoms with van der Waals surface area (Å²) in [5.41, 5.74) is 4.63. The number of hydrogen-bond donors (Lipinski definition) is 1. The molecule has 0 bridgehead atoms. The van der Waals surface area contributed by atoms with Gasteiger partial charge in [0.25, 0.3) is 11.1 Å². The van der Waals surface area contributed by atoms with Gasteiger partial charge in [0.15, 0.2) is 0 Å². The monoisotopic (exact) mass is 408 g/mol. The molecule has 3 heterocycles. The highest BCUT2D eigenvalue weighted by atomic mass is 32.2. The molecule has 7 heteroatoms. The molecule has 0 spiro atoms. The maximum Gasteiger partial charge on any atom is 0.290 e. The van der Waals surface area contributed by atoms with Crippen LogP contribution in [0.15, 0.2) is 39.9 Å². The first-order valence-corrected chi connectivity index (χ1v) is 10.1. The van der Waals surface area contributed by atoms with Gasteiger partial charge in [0, 0.05) is 29.4 Å². The van der Waals surface area contributed by atoms with E-state index >= 15 is 0 Å². The van der Waals surface area contributed by atoms with Crippen LogP contribution in [-0.4, -0.2) is 22.7 Å². The predicted octanol–water partition coefficient (Wildman–Crippen LogP) is 5.22. The van der Waals surface area contributed by atoms with E-state index in [2.05, 4.69) is 29.4 Å². The van der Waals surface area contributed by atoms with Crippen molar-refractivity contribution in [2.75, 3.05) is 6.61 Å². The molecule has 4 rings (SSSR count). The second-order valence-electron chi connectivity index (χ2n) is 6.89. The largest absolute Gasteiger partial charge is 0.493 e. The van der Waals surface area contributed by atoms with Gasteiger partial charge in [0.05, 0.1) is 11.5 Å². The van der Waals surface area contributed by atoms with Crippen LogP contribution in [0.2, 0.25) is 0 Å². The minimum Gasteiger partial charge on any atom is -0.493 e.